The second kappa shape index (κ2) is 6.73. The second-order valence-electron chi connectivity index (χ2n) is 6.37. The molecule has 0 spiro atoms. The van der Waals surface area contributed by atoms with E-state index in [-0.39, 0.29) is 11.8 Å². The Bertz CT molecular complexity index is 1230. The molecule has 1 saturated carbocycles. The van der Waals surface area contributed by atoms with Crippen molar-refractivity contribution in [2.24, 2.45) is 5.92 Å². The minimum Gasteiger partial charge on any atom is -0.302 e. The van der Waals surface area contributed by atoms with E-state index in [2.05, 4.69) is 25.5 Å². The van der Waals surface area contributed by atoms with Crippen molar-refractivity contribution in [3.8, 4) is 17.1 Å². The predicted molar refractivity (Wildman–Crippen MR) is 111 cm³/mol. The molecule has 0 atom stereocenters. The lowest BCUT2D eigenvalue weighted by Crippen LogP contribution is -2.12. The van der Waals surface area contributed by atoms with E-state index in [9.17, 15) is 4.79 Å². The fraction of sp³-hybridized carbons (Fsp3) is 0.176. The number of hydrogen-bond donors (Lipinski definition) is 2. The Kier molecular flexibility index (Phi) is 4.31. The maximum atomic E-state index is 12.0. The molecule has 142 valence electrons. The number of imidazole rings is 1. The summed E-state index contributed by atoms with van der Waals surface area (Å²) in [6, 6.07) is 3.32. The number of nitrogens with zero attached hydrogens (tertiary/aromatic N) is 4. The zero-order valence-corrected chi connectivity index (χ0v) is 17.1. The number of aromatic nitrogens is 5. The lowest BCUT2D eigenvalue weighted by Gasteiger charge is -2.10. The number of carbonyl (C=O) groups is 1. The average Bonchev–Trinajstić information content (AvgIpc) is 3.12. The minimum atomic E-state index is 0.00623. The molecule has 7 nitrogen and oxygen atoms in total. The Hall–Kier alpha value is -2.13. The highest BCUT2D eigenvalue weighted by Gasteiger charge is 2.30. The SMILES string of the molecule is O=C(Nc1nc2[nH]nc(-n3cncc3-c3c(Cl)ccc(Cl)c3Cl)c2s1)C1CC1. The molecule has 3 heterocycles. The van der Waals surface area contributed by atoms with Gasteiger partial charge in [-0.25, -0.2) is 9.97 Å². The van der Waals surface area contributed by atoms with Crippen LogP contribution in [-0.2, 0) is 4.79 Å². The highest BCUT2D eigenvalue weighted by atomic mass is 35.5. The third-order valence-corrected chi connectivity index (χ3v) is 6.53. The summed E-state index contributed by atoms with van der Waals surface area (Å²) >= 11 is 20.3. The van der Waals surface area contributed by atoms with Crippen LogP contribution in [-0.4, -0.2) is 30.6 Å². The van der Waals surface area contributed by atoms with Gasteiger partial charge in [-0.15, -0.1) is 0 Å². The van der Waals surface area contributed by atoms with Crippen LogP contribution in [0.25, 0.3) is 27.4 Å². The number of halogens is 3. The summed E-state index contributed by atoms with van der Waals surface area (Å²) in [5.41, 5.74) is 1.79. The number of thiazole rings is 1. The number of amides is 1. The first-order chi connectivity index (χ1) is 13.5. The number of aromatic amines is 1. The van der Waals surface area contributed by atoms with Crippen molar-refractivity contribution in [3.05, 3.63) is 39.7 Å². The van der Waals surface area contributed by atoms with Gasteiger partial charge in [0.15, 0.2) is 16.6 Å². The third kappa shape index (κ3) is 2.97. The average molecular weight is 454 g/mol. The van der Waals surface area contributed by atoms with Gasteiger partial charge in [0.2, 0.25) is 5.91 Å². The zero-order chi connectivity index (χ0) is 19.4. The Morgan fingerprint density at radius 1 is 1.25 bits per heavy atom. The van der Waals surface area contributed by atoms with Gasteiger partial charge in [-0.2, -0.15) is 5.10 Å². The third-order valence-electron chi connectivity index (χ3n) is 4.44. The van der Waals surface area contributed by atoms with Crippen LogP contribution < -0.4 is 5.32 Å². The van der Waals surface area contributed by atoms with Crippen LogP contribution in [0.2, 0.25) is 15.1 Å². The molecule has 1 amide bonds. The van der Waals surface area contributed by atoms with Crippen LogP contribution in [0.5, 0.6) is 0 Å². The van der Waals surface area contributed by atoms with Crippen LogP contribution in [0.4, 0.5) is 5.13 Å². The van der Waals surface area contributed by atoms with E-state index < -0.39 is 0 Å². The van der Waals surface area contributed by atoms with E-state index >= 15 is 0 Å². The van der Waals surface area contributed by atoms with E-state index in [1.165, 1.54) is 11.3 Å². The molecule has 4 aromatic rings. The van der Waals surface area contributed by atoms with Gasteiger partial charge in [-0.3, -0.25) is 14.5 Å². The topological polar surface area (TPSA) is 88.5 Å². The molecule has 3 aromatic heterocycles. The summed E-state index contributed by atoms with van der Waals surface area (Å²) in [4.78, 5) is 20.6. The lowest BCUT2D eigenvalue weighted by atomic mass is 10.1. The summed E-state index contributed by atoms with van der Waals surface area (Å²) in [6.45, 7) is 0. The maximum absolute atomic E-state index is 12.0. The molecule has 0 unspecified atom stereocenters. The summed E-state index contributed by atoms with van der Waals surface area (Å²) < 4.78 is 2.53. The van der Waals surface area contributed by atoms with Crippen molar-refractivity contribution in [2.75, 3.05) is 5.32 Å². The van der Waals surface area contributed by atoms with E-state index in [1.54, 1.807) is 29.2 Å². The normalized spacial score (nSPS) is 14.0. The number of hydrogen-bond acceptors (Lipinski definition) is 5. The van der Waals surface area contributed by atoms with Crippen LogP contribution in [0.1, 0.15) is 12.8 Å². The van der Waals surface area contributed by atoms with E-state index in [1.807, 2.05) is 0 Å². The molecule has 0 aliphatic heterocycles. The molecule has 0 saturated heterocycles. The fourth-order valence-corrected chi connectivity index (χ4v) is 4.51. The quantitative estimate of drug-likeness (QED) is 0.417. The lowest BCUT2D eigenvalue weighted by molar-refractivity contribution is -0.117. The monoisotopic (exact) mass is 452 g/mol. The van der Waals surface area contributed by atoms with Gasteiger partial charge in [0.25, 0.3) is 0 Å². The molecule has 1 fully saturated rings. The van der Waals surface area contributed by atoms with E-state index in [0.29, 0.717) is 42.9 Å². The molecular formula is C17H11Cl3N6OS. The Morgan fingerprint density at radius 2 is 2.04 bits per heavy atom. The Morgan fingerprint density at radius 3 is 2.82 bits per heavy atom. The number of benzene rings is 1. The molecule has 11 heteroatoms. The predicted octanol–water partition coefficient (Wildman–Crippen LogP) is 5.18. The summed E-state index contributed by atoms with van der Waals surface area (Å²) in [5.74, 6) is 0.693. The maximum Gasteiger partial charge on any atom is 0.229 e. The van der Waals surface area contributed by atoms with Gasteiger partial charge >= 0.3 is 0 Å². The standard InChI is InChI=1S/C17H11Cl3N6OS/c18-8-3-4-9(19)12(20)11(8)10-5-21-6-26(10)15-13-14(24-25-15)22-17(28-13)23-16(27)7-1-2-7/h3-7H,1-2H2,(H2,22,23,24,25,27). The Balaban J connectivity index is 1.59. The number of carbonyl (C=O) groups excluding carboxylic acids is 1. The van der Waals surface area contributed by atoms with Crippen molar-refractivity contribution in [1.29, 1.82) is 0 Å². The summed E-state index contributed by atoms with van der Waals surface area (Å²) in [7, 11) is 0. The molecule has 2 N–H and O–H groups in total. The van der Waals surface area contributed by atoms with Crippen molar-refractivity contribution in [3.63, 3.8) is 0 Å². The second-order valence-corrected chi connectivity index (χ2v) is 8.57. The first-order valence-electron chi connectivity index (χ1n) is 8.35. The molecular weight excluding hydrogens is 443 g/mol. The number of nitrogens with one attached hydrogen (secondary N) is 2. The van der Waals surface area contributed by atoms with Crippen molar-refractivity contribution in [1.82, 2.24) is 24.7 Å². The van der Waals surface area contributed by atoms with Crippen LogP contribution in [0, 0.1) is 5.92 Å². The van der Waals surface area contributed by atoms with Crippen molar-refractivity contribution >= 4 is 67.5 Å². The largest absolute Gasteiger partial charge is 0.302 e. The zero-order valence-electron chi connectivity index (χ0n) is 14.0. The first kappa shape index (κ1) is 17.9. The van der Waals surface area contributed by atoms with Crippen LogP contribution >= 0.6 is 46.1 Å². The highest BCUT2D eigenvalue weighted by Crippen LogP contribution is 2.41. The first-order valence-corrected chi connectivity index (χ1v) is 10.3. The van der Waals surface area contributed by atoms with Gasteiger partial charge in [-0.05, 0) is 25.0 Å². The number of rotatable bonds is 4. The van der Waals surface area contributed by atoms with Gasteiger partial charge in [0.1, 0.15) is 11.0 Å². The summed E-state index contributed by atoms with van der Waals surface area (Å²) in [5, 5.41) is 11.8. The number of anilines is 1. The van der Waals surface area contributed by atoms with E-state index in [0.717, 1.165) is 17.5 Å². The van der Waals surface area contributed by atoms with Gasteiger partial charge in [0, 0.05) is 11.5 Å². The Labute approximate surface area is 177 Å². The smallest absolute Gasteiger partial charge is 0.229 e. The highest BCUT2D eigenvalue weighted by molar-refractivity contribution is 7.22. The molecule has 1 aliphatic carbocycles. The van der Waals surface area contributed by atoms with Crippen LogP contribution in [0.15, 0.2) is 24.7 Å². The van der Waals surface area contributed by atoms with Gasteiger partial charge in [-0.1, -0.05) is 46.1 Å². The van der Waals surface area contributed by atoms with Gasteiger partial charge < -0.3 is 5.32 Å². The molecule has 1 aromatic carbocycles. The number of H-pyrrole nitrogens is 1. The minimum absolute atomic E-state index is 0.00623. The number of fused-ring (bicyclic) bond motifs is 1. The van der Waals surface area contributed by atoms with Crippen LogP contribution in [0.3, 0.4) is 0 Å². The van der Waals surface area contributed by atoms with E-state index in [4.69, 9.17) is 34.8 Å². The van der Waals surface area contributed by atoms with Gasteiger partial charge in [0.05, 0.1) is 27.0 Å². The fourth-order valence-electron chi connectivity index (χ4n) is 2.88. The molecule has 0 radical (unpaired) electrons. The van der Waals surface area contributed by atoms with Crippen molar-refractivity contribution < 1.29 is 4.79 Å². The summed E-state index contributed by atoms with van der Waals surface area (Å²) in [6.07, 6.45) is 5.12. The molecule has 28 heavy (non-hydrogen) atoms. The molecule has 0 bridgehead atoms. The molecule has 5 rings (SSSR count). The van der Waals surface area contributed by atoms with Crippen molar-refractivity contribution in [2.45, 2.75) is 12.8 Å². The molecule has 1 aliphatic rings.